The predicted octanol–water partition coefficient (Wildman–Crippen LogP) is 0.738. The molecule has 0 radical (unpaired) electrons. The van der Waals surface area contributed by atoms with Crippen LogP contribution in [0.15, 0.2) is 0 Å². The minimum Gasteiger partial charge on any atom is -0.342 e. The van der Waals surface area contributed by atoms with E-state index in [0.29, 0.717) is 11.3 Å². The molecule has 0 spiro atoms. The predicted molar refractivity (Wildman–Crippen MR) is 51.2 cm³/mol. The molecule has 2 N–H and O–H groups in total. The third-order valence-electron chi connectivity index (χ3n) is 3.33. The number of hydrogen-bond donors (Lipinski definition) is 1. The number of amides is 1. The summed E-state index contributed by atoms with van der Waals surface area (Å²) in [4.78, 5) is 13.4. The van der Waals surface area contributed by atoms with E-state index in [1.807, 2.05) is 4.90 Å². The molecule has 1 heterocycles. The molecule has 3 heteroatoms. The van der Waals surface area contributed by atoms with Crippen LogP contribution < -0.4 is 5.73 Å². The van der Waals surface area contributed by atoms with Crippen molar-refractivity contribution in [1.82, 2.24) is 4.90 Å². The van der Waals surface area contributed by atoms with Crippen LogP contribution in [0.4, 0.5) is 0 Å². The van der Waals surface area contributed by atoms with Crippen LogP contribution in [-0.2, 0) is 4.79 Å². The average Bonchev–Trinajstić information content (AvgIpc) is 2.73. The van der Waals surface area contributed by atoms with Crippen molar-refractivity contribution >= 4 is 5.91 Å². The molecule has 1 amide bonds. The van der Waals surface area contributed by atoms with Gasteiger partial charge in [0.15, 0.2) is 0 Å². The number of carbonyl (C=O) groups is 1. The Labute approximate surface area is 79.3 Å². The number of nitrogens with zero attached hydrogens (tertiary/aromatic N) is 1. The van der Waals surface area contributed by atoms with E-state index in [2.05, 4.69) is 0 Å². The van der Waals surface area contributed by atoms with E-state index in [0.717, 1.165) is 38.9 Å². The van der Waals surface area contributed by atoms with E-state index in [9.17, 15) is 4.79 Å². The monoisotopic (exact) mass is 182 g/mol. The van der Waals surface area contributed by atoms with Gasteiger partial charge >= 0.3 is 0 Å². The van der Waals surface area contributed by atoms with Crippen LogP contribution in [0.1, 0.15) is 32.1 Å². The minimum atomic E-state index is 0.350. The van der Waals surface area contributed by atoms with Crippen molar-refractivity contribution in [3.05, 3.63) is 0 Å². The van der Waals surface area contributed by atoms with Gasteiger partial charge < -0.3 is 10.6 Å². The SMILES string of the molecule is NCCC1(CN2CCCC2=O)CC1. The average molecular weight is 182 g/mol. The lowest BCUT2D eigenvalue weighted by Gasteiger charge is -2.22. The zero-order valence-corrected chi connectivity index (χ0v) is 8.09. The summed E-state index contributed by atoms with van der Waals surface area (Å²) in [7, 11) is 0. The normalized spacial score (nSPS) is 25.3. The van der Waals surface area contributed by atoms with Crippen molar-refractivity contribution in [2.75, 3.05) is 19.6 Å². The molecule has 74 valence electrons. The highest BCUT2D eigenvalue weighted by molar-refractivity contribution is 5.78. The zero-order chi connectivity index (χ0) is 9.31. The Morgan fingerprint density at radius 2 is 2.23 bits per heavy atom. The van der Waals surface area contributed by atoms with Gasteiger partial charge in [-0.15, -0.1) is 0 Å². The summed E-state index contributed by atoms with van der Waals surface area (Å²) in [6.07, 6.45) is 5.45. The van der Waals surface area contributed by atoms with Gasteiger partial charge in [0.2, 0.25) is 5.91 Å². The lowest BCUT2D eigenvalue weighted by molar-refractivity contribution is -0.128. The second kappa shape index (κ2) is 3.29. The van der Waals surface area contributed by atoms with Crippen LogP contribution in [0.3, 0.4) is 0 Å². The van der Waals surface area contributed by atoms with Crippen LogP contribution >= 0.6 is 0 Å². The third-order valence-corrected chi connectivity index (χ3v) is 3.33. The first-order valence-electron chi connectivity index (χ1n) is 5.24. The summed E-state index contributed by atoms with van der Waals surface area (Å²) in [5.41, 5.74) is 5.99. The van der Waals surface area contributed by atoms with Gasteiger partial charge in [0, 0.05) is 19.5 Å². The Morgan fingerprint density at radius 1 is 1.46 bits per heavy atom. The molecule has 2 aliphatic rings. The smallest absolute Gasteiger partial charge is 0.222 e. The van der Waals surface area contributed by atoms with Crippen LogP contribution in [0.25, 0.3) is 0 Å². The lowest BCUT2D eigenvalue weighted by atomic mass is 10.0. The molecule has 0 aromatic carbocycles. The van der Waals surface area contributed by atoms with Crippen LogP contribution in [0.2, 0.25) is 0 Å². The first-order valence-corrected chi connectivity index (χ1v) is 5.24. The molecule has 2 fully saturated rings. The quantitative estimate of drug-likeness (QED) is 0.697. The fraction of sp³-hybridized carbons (Fsp3) is 0.900. The fourth-order valence-corrected chi connectivity index (χ4v) is 2.25. The van der Waals surface area contributed by atoms with Crippen molar-refractivity contribution < 1.29 is 4.79 Å². The van der Waals surface area contributed by atoms with E-state index in [1.165, 1.54) is 12.8 Å². The molecule has 1 saturated carbocycles. The molecule has 0 atom stereocenters. The Morgan fingerprint density at radius 3 is 2.69 bits per heavy atom. The molecule has 1 saturated heterocycles. The summed E-state index contributed by atoms with van der Waals surface area (Å²) in [5.74, 6) is 0.350. The van der Waals surface area contributed by atoms with Gasteiger partial charge in [-0.25, -0.2) is 0 Å². The van der Waals surface area contributed by atoms with Crippen LogP contribution in [0, 0.1) is 5.41 Å². The van der Waals surface area contributed by atoms with Crippen molar-refractivity contribution in [2.45, 2.75) is 32.1 Å². The molecule has 1 aliphatic carbocycles. The zero-order valence-electron chi connectivity index (χ0n) is 8.09. The number of nitrogens with two attached hydrogens (primary N) is 1. The van der Waals surface area contributed by atoms with Gasteiger partial charge in [0.25, 0.3) is 0 Å². The summed E-state index contributed by atoms with van der Waals surface area (Å²) in [6, 6.07) is 0. The van der Waals surface area contributed by atoms with E-state index in [-0.39, 0.29) is 0 Å². The molecule has 0 aromatic heterocycles. The van der Waals surface area contributed by atoms with E-state index >= 15 is 0 Å². The number of carbonyl (C=O) groups excluding carboxylic acids is 1. The van der Waals surface area contributed by atoms with Crippen molar-refractivity contribution in [2.24, 2.45) is 11.1 Å². The maximum absolute atomic E-state index is 11.4. The largest absolute Gasteiger partial charge is 0.342 e. The van der Waals surface area contributed by atoms with Gasteiger partial charge in [0.1, 0.15) is 0 Å². The van der Waals surface area contributed by atoms with Crippen molar-refractivity contribution in [3.8, 4) is 0 Å². The Balaban J connectivity index is 1.86. The second-order valence-corrected chi connectivity index (χ2v) is 4.46. The first kappa shape index (κ1) is 9.00. The first-order chi connectivity index (χ1) is 6.26. The van der Waals surface area contributed by atoms with E-state index in [4.69, 9.17) is 5.73 Å². The molecule has 0 aromatic rings. The van der Waals surface area contributed by atoms with Crippen molar-refractivity contribution in [1.29, 1.82) is 0 Å². The Bertz CT molecular complexity index is 211. The van der Waals surface area contributed by atoms with Crippen LogP contribution in [0.5, 0.6) is 0 Å². The summed E-state index contributed by atoms with van der Waals surface area (Å²) >= 11 is 0. The molecular weight excluding hydrogens is 164 g/mol. The van der Waals surface area contributed by atoms with Gasteiger partial charge in [-0.3, -0.25) is 4.79 Å². The second-order valence-electron chi connectivity index (χ2n) is 4.46. The van der Waals surface area contributed by atoms with E-state index in [1.54, 1.807) is 0 Å². The Hall–Kier alpha value is -0.570. The van der Waals surface area contributed by atoms with Gasteiger partial charge in [-0.2, -0.15) is 0 Å². The van der Waals surface area contributed by atoms with E-state index < -0.39 is 0 Å². The van der Waals surface area contributed by atoms with Crippen molar-refractivity contribution in [3.63, 3.8) is 0 Å². The number of likely N-dealkylation sites (tertiary alicyclic amines) is 1. The maximum Gasteiger partial charge on any atom is 0.222 e. The molecule has 3 nitrogen and oxygen atoms in total. The highest BCUT2D eigenvalue weighted by atomic mass is 16.2. The van der Waals surface area contributed by atoms with Gasteiger partial charge in [-0.1, -0.05) is 0 Å². The summed E-state index contributed by atoms with van der Waals surface area (Å²) in [6.45, 7) is 2.72. The standard InChI is InChI=1S/C10H18N2O/c11-6-5-10(3-4-10)8-12-7-1-2-9(12)13/h1-8,11H2. The molecule has 0 unspecified atom stereocenters. The maximum atomic E-state index is 11.4. The molecule has 1 aliphatic heterocycles. The highest BCUT2D eigenvalue weighted by Crippen LogP contribution is 2.49. The topological polar surface area (TPSA) is 46.3 Å². The lowest BCUT2D eigenvalue weighted by Crippen LogP contribution is -2.32. The summed E-state index contributed by atoms with van der Waals surface area (Å²) in [5, 5.41) is 0. The molecule has 13 heavy (non-hydrogen) atoms. The minimum absolute atomic E-state index is 0.350. The van der Waals surface area contributed by atoms with Crippen LogP contribution in [-0.4, -0.2) is 30.4 Å². The highest BCUT2D eigenvalue weighted by Gasteiger charge is 2.44. The fourth-order valence-electron chi connectivity index (χ4n) is 2.25. The molecule has 2 rings (SSSR count). The summed E-state index contributed by atoms with van der Waals surface area (Å²) < 4.78 is 0. The van der Waals surface area contributed by atoms with Gasteiger partial charge in [-0.05, 0) is 37.6 Å². The number of rotatable bonds is 4. The Kier molecular flexibility index (Phi) is 2.28. The third kappa shape index (κ3) is 1.85. The molecular formula is C10H18N2O. The number of hydrogen-bond acceptors (Lipinski definition) is 2. The van der Waals surface area contributed by atoms with Gasteiger partial charge in [0.05, 0.1) is 0 Å². The molecule has 0 bridgehead atoms.